The first-order valence-corrected chi connectivity index (χ1v) is 11.8. The minimum absolute atomic E-state index is 0.0240. The lowest BCUT2D eigenvalue weighted by molar-refractivity contribution is 0.0783. The molecule has 34 heavy (non-hydrogen) atoms. The highest BCUT2D eigenvalue weighted by atomic mass is 19.1. The lowest BCUT2D eigenvalue weighted by Crippen LogP contribution is -2.38. The number of unbranched alkanes of at least 4 members (excludes halogenated alkanes) is 1. The van der Waals surface area contributed by atoms with Crippen molar-refractivity contribution in [1.82, 2.24) is 14.5 Å². The number of rotatable bonds is 7. The summed E-state index contributed by atoms with van der Waals surface area (Å²) >= 11 is 0. The molecule has 0 saturated carbocycles. The van der Waals surface area contributed by atoms with Crippen molar-refractivity contribution >= 4 is 5.91 Å². The smallest absolute Gasteiger partial charge is 0.270 e. The molecule has 0 spiro atoms. The largest absolute Gasteiger partial charge is 0.493 e. The van der Waals surface area contributed by atoms with Crippen molar-refractivity contribution in [3.63, 3.8) is 0 Å². The zero-order valence-electron chi connectivity index (χ0n) is 19.6. The van der Waals surface area contributed by atoms with Gasteiger partial charge in [-0.3, -0.25) is 14.2 Å². The van der Waals surface area contributed by atoms with Crippen molar-refractivity contribution in [3.8, 4) is 5.88 Å². The molecule has 1 aromatic heterocycles. The number of carbonyl (C=O) groups excluding carboxylic acids is 1. The number of aromatic hydroxyl groups is 1. The summed E-state index contributed by atoms with van der Waals surface area (Å²) in [5.74, 6) is -0.929. The third-order valence-corrected chi connectivity index (χ3v) is 6.60. The van der Waals surface area contributed by atoms with Crippen LogP contribution in [0, 0.1) is 5.82 Å². The number of benzene rings is 2. The van der Waals surface area contributed by atoms with Gasteiger partial charge in [0, 0.05) is 25.4 Å². The van der Waals surface area contributed by atoms with Gasteiger partial charge in [0.2, 0.25) is 5.88 Å². The average molecular weight is 464 g/mol. The Balaban J connectivity index is 1.69. The van der Waals surface area contributed by atoms with Crippen LogP contribution in [0.15, 0.2) is 59.4 Å². The van der Waals surface area contributed by atoms with E-state index in [1.807, 2.05) is 50.2 Å². The monoisotopic (exact) mass is 463 g/mol. The molecule has 2 atom stereocenters. The van der Waals surface area contributed by atoms with Crippen LogP contribution in [-0.2, 0) is 6.42 Å². The molecule has 1 unspecified atom stereocenters. The van der Waals surface area contributed by atoms with Crippen LogP contribution in [-0.4, -0.2) is 38.6 Å². The van der Waals surface area contributed by atoms with E-state index in [0.29, 0.717) is 31.8 Å². The minimum atomic E-state index is -0.537. The fraction of sp³-hybridized carbons (Fsp3) is 0.370. The van der Waals surface area contributed by atoms with E-state index in [1.54, 1.807) is 11.0 Å². The molecule has 7 heteroatoms. The molecule has 0 bridgehead atoms. The summed E-state index contributed by atoms with van der Waals surface area (Å²) in [6.07, 6.45) is 2.90. The summed E-state index contributed by atoms with van der Waals surface area (Å²) in [6, 6.07) is 15.6. The molecule has 0 radical (unpaired) electrons. The van der Waals surface area contributed by atoms with Crippen LogP contribution in [0.1, 0.15) is 72.4 Å². The van der Waals surface area contributed by atoms with Gasteiger partial charge in [-0.1, -0.05) is 55.8 Å². The number of aromatic nitrogens is 2. The van der Waals surface area contributed by atoms with Crippen molar-refractivity contribution in [2.75, 3.05) is 13.1 Å². The molecule has 1 fully saturated rings. The zero-order chi connectivity index (χ0) is 24.2. The highest BCUT2D eigenvalue weighted by Gasteiger charge is 2.33. The van der Waals surface area contributed by atoms with Crippen molar-refractivity contribution in [3.05, 3.63) is 93.3 Å². The van der Waals surface area contributed by atoms with Gasteiger partial charge in [0.1, 0.15) is 11.6 Å². The second-order valence-electron chi connectivity index (χ2n) is 8.88. The van der Waals surface area contributed by atoms with Crippen LogP contribution in [0.5, 0.6) is 5.88 Å². The van der Waals surface area contributed by atoms with Crippen molar-refractivity contribution in [2.24, 2.45) is 0 Å². The van der Waals surface area contributed by atoms with E-state index in [-0.39, 0.29) is 23.3 Å². The summed E-state index contributed by atoms with van der Waals surface area (Å²) in [5, 5.41) is 10.7. The SMILES string of the molecule is CCCCc1nc(O)c(C(=O)N2CCC(c3cccc(F)c3)C2)c(=O)n1[C@@H](C)c1ccccc1. The Bertz CT molecular complexity index is 1230. The molecular formula is C27H30FN3O3. The van der Waals surface area contributed by atoms with E-state index in [0.717, 1.165) is 24.0 Å². The first-order chi connectivity index (χ1) is 16.4. The second kappa shape index (κ2) is 10.2. The Kier molecular flexibility index (Phi) is 7.10. The molecule has 1 saturated heterocycles. The van der Waals surface area contributed by atoms with E-state index < -0.39 is 17.3 Å². The van der Waals surface area contributed by atoms with Crippen molar-refractivity contribution in [1.29, 1.82) is 0 Å². The topological polar surface area (TPSA) is 75.4 Å². The van der Waals surface area contributed by atoms with Gasteiger partial charge in [0.05, 0.1) is 6.04 Å². The summed E-state index contributed by atoms with van der Waals surface area (Å²) in [6.45, 7) is 4.72. The van der Waals surface area contributed by atoms with Gasteiger partial charge in [-0.25, -0.2) is 4.39 Å². The van der Waals surface area contributed by atoms with Gasteiger partial charge >= 0.3 is 0 Å². The average Bonchev–Trinajstić information content (AvgIpc) is 3.33. The Morgan fingerprint density at radius 3 is 2.68 bits per heavy atom. The molecule has 4 rings (SSSR count). The predicted molar refractivity (Wildman–Crippen MR) is 129 cm³/mol. The van der Waals surface area contributed by atoms with Crippen LogP contribution in [0.2, 0.25) is 0 Å². The summed E-state index contributed by atoms with van der Waals surface area (Å²) in [5.41, 5.74) is 0.903. The number of halogens is 1. The molecule has 0 aliphatic carbocycles. The predicted octanol–water partition coefficient (Wildman–Crippen LogP) is 4.67. The molecule has 1 amide bonds. The van der Waals surface area contributed by atoms with Crippen LogP contribution < -0.4 is 5.56 Å². The standard InChI is InChI=1S/C27H30FN3O3/c1-3-4-13-23-29-25(32)24(27(34)31(23)18(2)19-9-6-5-7-10-19)26(33)30-15-14-21(17-30)20-11-8-12-22(28)16-20/h5-12,16,18,21,32H,3-4,13-15,17H2,1-2H3/t18-,21?/m0/s1. The second-order valence-corrected chi connectivity index (χ2v) is 8.88. The van der Waals surface area contributed by atoms with E-state index >= 15 is 0 Å². The number of amides is 1. The number of likely N-dealkylation sites (tertiary alicyclic amines) is 1. The number of carbonyl (C=O) groups is 1. The Morgan fingerprint density at radius 1 is 1.21 bits per heavy atom. The van der Waals surface area contributed by atoms with E-state index in [1.165, 1.54) is 16.7 Å². The van der Waals surface area contributed by atoms with Crippen LogP contribution in [0.4, 0.5) is 4.39 Å². The maximum Gasteiger partial charge on any atom is 0.270 e. The normalized spacial score (nSPS) is 16.6. The fourth-order valence-corrected chi connectivity index (χ4v) is 4.68. The molecule has 1 aliphatic rings. The highest BCUT2D eigenvalue weighted by Crippen LogP contribution is 2.29. The van der Waals surface area contributed by atoms with Crippen molar-refractivity contribution in [2.45, 2.75) is 51.5 Å². The lowest BCUT2D eigenvalue weighted by Gasteiger charge is -2.22. The van der Waals surface area contributed by atoms with Crippen LogP contribution in [0.25, 0.3) is 0 Å². The maximum atomic E-state index is 13.7. The van der Waals surface area contributed by atoms with E-state index in [2.05, 4.69) is 4.98 Å². The number of nitrogens with zero attached hydrogens (tertiary/aromatic N) is 3. The van der Waals surface area contributed by atoms with Gasteiger partial charge in [0.15, 0.2) is 5.56 Å². The van der Waals surface area contributed by atoms with Crippen LogP contribution >= 0.6 is 0 Å². The summed E-state index contributed by atoms with van der Waals surface area (Å²) in [7, 11) is 0. The fourth-order valence-electron chi connectivity index (χ4n) is 4.68. The van der Waals surface area contributed by atoms with Gasteiger partial charge in [-0.2, -0.15) is 4.98 Å². The zero-order valence-corrected chi connectivity index (χ0v) is 19.6. The third kappa shape index (κ3) is 4.74. The maximum absolute atomic E-state index is 13.7. The number of aryl methyl sites for hydroxylation is 1. The quantitative estimate of drug-likeness (QED) is 0.553. The number of hydrogen-bond acceptors (Lipinski definition) is 4. The summed E-state index contributed by atoms with van der Waals surface area (Å²) in [4.78, 5) is 32.9. The lowest BCUT2D eigenvalue weighted by atomic mass is 9.98. The summed E-state index contributed by atoms with van der Waals surface area (Å²) < 4.78 is 15.2. The molecule has 3 aromatic rings. The molecule has 1 aliphatic heterocycles. The third-order valence-electron chi connectivity index (χ3n) is 6.60. The van der Waals surface area contributed by atoms with Gasteiger partial charge < -0.3 is 10.0 Å². The van der Waals surface area contributed by atoms with Gasteiger partial charge in [-0.15, -0.1) is 0 Å². The van der Waals surface area contributed by atoms with Crippen LogP contribution in [0.3, 0.4) is 0 Å². The Labute approximate surface area is 198 Å². The minimum Gasteiger partial charge on any atom is -0.493 e. The molecule has 178 valence electrons. The number of hydrogen-bond donors (Lipinski definition) is 1. The van der Waals surface area contributed by atoms with E-state index in [9.17, 15) is 19.1 Å². The van der Waals surface area contributed by atoms with E-state index in [4.69, 9.17) is 0 Å². The molecule has 2 aromatic carbocycles. The highest BCUT2D eigenvalue weighted by molar-refractivity contribution is 5.96. The first kappa shape index (κ1) is 23.7. The molecule has 2 heterocycles. The first-order valence-electron chi connectivity index (χ1n) is 11.8. The molecular weight excluding hydrogens is 433 g/mol. The van der Waals surface area contributed by atoms with Gasteiger partial charge in [0.25, 0.3) is 11.5 Å². The molecule has 1 N–H and O–H groups in total. The Morgan fingerprint density at radius 2 is 1.97 bits per heavy atom. The van der Waals surface area contributed by atoms with Crippen molar-refractivity contribution < 1.29 is 14.3 Å². The van der Waals surface area contributed by atoms with Gasteiger partial charge in [-0.05, 0) is 43.0 Å². The Hall–Kier alpha value is -3.48. The molecule has 6 nitrogen and oxygen atoms in total.